The minimum absolute atomic E-state index is 0.0264. The van der Waals surface area contributed by atoms with Gasteiger partial charge in [0.15, 0.2) is 11.5 Å². The fraction of sp³-hybridized carbons (Fsp3) is 0.278. The zero-order chi connectivity index (χ0) is 15.6. The Morgan fingerprint density at radius 1 is 1.04 bits per heavy atom. The van der Waals surface area contributed by atoms with Gasteiger partial charge in [0.05, 0.1) is 5.75 Å². The Morgan fingerprint density at radius 2 is 1.83 bits per heavy atom. The van der Waals surface area contributed by atoms with Gasteiger partial charge in [0, 0.05) is 6.54 Å². The van der Waals surface area contributed by atoms with Gasteiger partial charge in [0.1, 0.15) is 18.6 Å². The van der Waals surface area contributed by atoms with Gasteiger partial charge in [-0.1, -0.05) is 36.4 Å². The van der Waals surface area contributed by atoms with Crippen molar-refractivity contribution in [3.05, 3.63) is 59.7 Å². The molecule has 2 heterocycles. The van der Waals surface area contributed by atoms with Gasteiger partial charge in [0.2, 0.25) is 5.91 Å². The summed E-state index contributed by atoms with van der Waals surface area (Å²) < 4.78 is 11.2. The van der Waals surface area contributed by atoms with E-state index < -0.39 is 0 Å². The molecule has 1 fully saturated rings. The Morgan fingerprint density at radius 3 is 2.65 bits per heavy atom. The van der Waals surface area contributed by atoms with E-state index in [0.717, 1.165) is 22.6 Å². The standard InChI is InChI=1S/C18H17NO3S/c20-17-12-23-18(19(17)11-13-4-2-1-3-5-13)14-6-7-15-16(10-14)22-9-8-21-15/h1-7,10,18H,8-9,11-12H2. The normalized spacial score (nSPS) is 19.9. The Balaban J connectivity index is 1.60. The third kappa shape index (κ3) is 2.88. The lowest BCUT2D eigenvalue weighted by atomic mass is 10.1. The monoisotopic (exact) mass is 327 g/mol. The van der Waals surface area contributed by atoms with Gasteiger partial charge in [-0.2, -0.15) is 0 Å². The number of benzene rings is 2. The van der Waals surface area contributed by atoms with Gasteiger partial charge in [-0.3, -0.25) is 4.79 Å². The summed E-state index contributed by atoms with van der Waals surface area (Å²) in [7, 11) is 0. The van der Waals surface area contributed by atoms with Crippen LogP contribution in [0.3, 0.4) is 0 Å². The molecule has 2 aliphatic heterocycles. The SMILES string of the molecule is O=C1CSC(c2ccc3c(c2)OCCO3)N1Cc1ccccc1. The molecule has 0 aromatic heterocycles. The van der Waals surface area contributed by atoms with Crippen LogP contribution in [-0.2, 0) is 11.3 Å². The summed E-state index contributed by atoms with van der Waals surface area (Å²) in [5.41, 5.74) is 2.23. The second-order valence-electron chi connectivity index (χ2n) is 5.57. The summed E-state index contributed by atoms with van der Waals surface area (Å²) in [6.07, 6.45) is 0. The van der Waals surface area contributed by atoms with Crippen molar-refractivity contribution in [1.82, 2.24) is 4.90 Å². The molecular weight excluding hydrogens is 310 g/mol. The van der Waals surface area contributed by atoms with Crippen LogP contribution in [0.15, 0.2) is 48.5 Å². The first-order valence-electron chi connectivity index (χ1n) is 7.66. The number of hydrogen-bond acceptors (Lipinski definition) is 4. The first-order valence-corrected chi connectivity index (χ1v) is 8.71. The summed E-state index contributed by atoms with van der Waals surface area (Å²) in [6, 6.07) is 16.1. The first-order chi connectivity index (χ1) is 11.3. The highest BCUT2D eigenvalue weighted by Crippen LogP contribution is 2.42. The number of fused-ring (bicyclic) bond motifs is 1. The number of amides is 1. The van der Waals surface area contributed by atoms with Crippen molar-refractivity contribution in [3.63, 3.8) is 0 Å². The van der Waals surface area contributed by atoms with Gasteiger partial charge in [-0.25, -0.2) is 0 Å². The molecule has 1 atom stereocenters. The molecule has 0 saturated carbocycles. The average molecular weight is 327 g/mol. The third-order valence-corrected chi connectivity index (χ3v) is 5.27. The van der Waals surface area contributed by atoms with E-state index in [4.69, 9.17) is 9.47 Å². The maximum absolute atomic E-state index is 12.3. The summed E-state index contributed by atoms with van der Waals surface area (Å²) in [5, 5.41) is 0.0264. The highest BCUT2D eigenvalue weighted by molar-refractivity contribution is 8.00. The number of carbonyl (C=O) groups excluding carboxylic acids is 1. The van der Waals surface area contributed by atoms with Crippen LogP contribution in [0.25, 0.3) is 0 Å². The van der Waals surface area contributed by atoms with Crippen LogP contribution in [-0.4, -0.2) is 29.8 Å². The molecular formula is C18H17NO3S. The maximum atomic E-state index is 12.3. The van der Waals surface area contributed by atoms with Crippen molar-refractivity contribution in [2.24, 2.45) is 0 Å². The van der Waals surface area contributed by atoms with Crippen LogP contribution >= 0.6 is 11.8 Å². The van der Waals surface area contributed by atoms with E-state index in [-0.39, 0.29) is 11.3 Å². The van der Waals surface area contributed by atoms with E-state index in [2.05, 4.69) is 12.1 Å². The molecule has 0 radical (unpaired) electrons. The van der Waals surface area contributed by atoms with Crippen molar-refractivity contribution >= 4 is 17.7 Å². The van der Waals surface area contributed by atoms with Crippen molar-refractivity contribution in [2.75, 3.05) is 19.0 Å². The predicted molar refractivity (Wildman–Crippen MR) is 89.6 cm³/mol. The zero-order valence-electron chi connectivity index (χ0n) is 12.6. The fourth-order valence-corrected chi connectivity index (χ4v) is 4.07. The number of thioether (sulfide) groups is 1. The van der Waals surface area contributed by atoms with Gasteiger partial charge < -0.3 is 14.4 Å². The van der Waals surface area contributed by atoms with Gasteiger partial charge in [-0.05, 0) is 23.3 Å². The number of ether oxygens (including phenoxy) is 2. The molecule has 2 aliphatic rings. The molecule has 0 aliphatic carbocycles. The summed E-state index contributed by atoms with van der Waals surface area (Å²) in [6.45, 7) is 1.79. The van der Waals surface area contributed by atoms with Crippen LogP contribution in [0, 0.1) is 0 Å². The molecule has 1 saturated heterocycles. The van der Waals surface area contributed by atoms with Crippen molar-refractivity contribution in [3.8, 4) is 11.5 Å². The van der Waals surface area contributed by atoms with E-state index in [9.17, 15) is 4.79 Å². The van der Waals surface area contributed by atoms with Crippen LogP contribution in [0.1, 0.15) is 16.5 Å². The number of carbonyl (C=O) groups is 1. The van der Waals surface area contributed by atoms with E-state index in [1.165, 1.54) is 0 Å². The van der Waals surface area contributed by atoms with Crippen LogP contribution < -0.4 is 9.47 Å². The summed E-state index contributed by atoms with van der Waals surface area (Å²) in [4.78, 5) is 14.2. The van der Waals surface area contributed by atoms with Gasteiger partial charge >= 0.3 is 0 Å². The first kappa shape index (κ1) is 14.5. The predicted octanol–water partition coefficient (Wildman–Crippen LogP) is 3.23. The Bertz CT molecular complexity index is 719. The number of hydrogen-bond donors (Lipinski definition) is 0. The Labute approximate surface area is 139 Å². The van der Waals surface area contributed by atoms with E-state index in [0.29, 0.717) is 25.5 Å². The van der Waals surface area contributed by atoms with Crippen molar-refractivity contribution in [1.29, 1.82) is 0 Å². The van der Waals surface area contributed by atoms with Crippen LogP contribution in [0.5, 0.6) is 11.5 Å². The highest BCUT2D eigenvalue weighted by Gasteiger charge is 2.33. The zero-order valence-corrected chi connectivity index (χ0v) is 13.4. The van der Waals surface area contributed by atoms with Crippen molar-refractivity contribution < 1.29 is 14.3 Å². The lowest BCUT2D eigenvalue weighted by Crippen LogP contribution is -2.27. The molecule has 2 aromatic carbocycles. The molecule has 0 N–H and O–H groups in total. The molecule has 4 nitrogen and oxygen atoms in total. The molecule has 5 heteroatoms. The van der Waals surface area contributed by atoms with Crippen molar-refractivity contribution in [2.45, 2.75) is 11.9 Å². The molecule has 118 valence electrons. The van der Waals surface area contributed by atoms with E-state index in [1.807, 2.05) is 41.3 Å². The number of nitrogens with zero attached hydrogens (tertiary/aromatic N) is 1. The third-order valence-electron chi connectivity index (χ3n) is 4.02. The quantitative estimate of drug-likeness (QED) is 0.867. The lowest BCUT2D eigenvalue weighted by molar-refractivity contribution is -0.128. The fourth-order valence-electron chi connectivity index (χ4n) is 2.89. The summed E-state index contributed by atoms with van der Waals surface area (Å²) in [5.74, 6) is 2.25. The Kier molecular flexibility index (Phi) is 3.87. The molecule has 23 heavy (non-hydrogen) atoms. The summed E-state index contributed by atoms with van der Waals surface area (Å²) >= 11 is 1.66. The number of rotatable bonds is 3. The molecule has 0 bridgehead atoms. The second-order valence-corrected chi connectivity index (χ2v) is 6.64. The van der Waals surface area contributed by atoms with Crippen LogP contribution in [0.2, 0.25) is 0 Å². The largest absolute Gasteiger partial charge is 0.486 e. The van der Waals surface area contributed by atoms with Crippen LogP contribution in [0.4, 0.5) is 0 Å². The molecule has 1 unspecified atom stereocenters. The van der Waals surface area contributed by atoms with E-state index >= 15 is 0 Å². The van der Waals surface area contributed by atoms with Gasteiger partial charge in [-0.15, -0.1) is 11.8 Å². The Hall–Kier alpha value is -2.14. The minimum Gasteiger partial charge on any atom is -0.486 e. The minimum atomic E-state index is 0.0264. The molecule has 2 aromatic rings. The van der Waals surface area contributed by atoms with Gasteiger partial charge in [0.25, 0.3) is 0 Å². The molecule has 0 spiro atoms. The topological polar surface area (TPSA) is 38.8 Å². The highest BCUT2D eigenvalue weighted by atomic mass is 32.2. The lowest BCUT2D eigenvalue weighted by Gasteiger charge is -2.26. The maximum Gasteiger partial charge on any atom is 0.234 e. The average Bonchev–Trinajstić information content (AvgIpc) is 2.96. The smallest absolute Gasteiger partial charge is 0.234 e. The second kappa shape index (κ2) is 6.16. The molecule has 1 amide bonds. The molecule has 4 rings (SSSR count). The van der Waals surface area contributed by atoms with E-state index in [1.54, 1.807) is 11.8 Å².